The average molecular weight is 309 g/mol. The van der Waals surface area contributed by atoms with Gasteiger partial charge in [0, 0.05) is 16.0 Å². The Morgan fingerprint density at radius 2 is 1.85 bits per heavy atom. The van der Waals surface area contributed by atoms with Crippen molar-refractivity contribution in [3.63, 3.8) is 0 Å². The summed E-state index contributed by atoms with van der Waals surface area (Å²) in [4.78, 5) is 0. The summed E-state index contributed by atoms with van der Waals surface area (Å²) >= 11 is 12.5. The number of alkyl halides is 1. The zero-order valence-corrected chi connectivity index (χ0v) is 12.4. The van der Waals surface area contributed by atoms with Crippen LogP contribution in [0.15, 0.2) is 48.5 Å². The second-order valence-corrected chi connectivity index (χ2v) is 6.30. The quantitative estimate of drug-likeness (QED) is 0.660. The maximum atomic E-state index is 13.8. The molecule has 0 N–H and O–H groups in total. The fraction of sp³-hybridized carbons (Fsp3) is 0.294. The van der Waals surface area contributed by atoms with Crippen molar-refractivity contribution in [3.8, 4) is 0 Å². The third-order valence-corrected chi connectivity index (χ3v) is 4.82. The largest absolute Gasteiger partial charge is 0.207 e. The summed E-state index contributed by atoms with van der Waals surface area (Å²) in [6, 6.07) is 15.1. The van der Waals surface area contributed by atoms with E-state index in [4.69, 9.17) is 23.2 Å². The first-order valence-electron chi connectivity index (χ1n) is 6.78. The molecule has 2 aromatic carbocycles. The van der Waals surface area contributed by atoms with Crippen molar-refractivity contribution in [1.29, 1.82) is 0 Å². The lowest BCUT2D eigenvalue weighted by molar-refractivity contribution is 0.597. The predicted octanol–water partition coefficient (Wildman–Crippen LogP) is 5.43. The smallest absolute Gasteiger partial charge is 0.127 e. The predicted molar refractivity (Wildman–Crippen MR) is 82.0 cm³/mol. The van der Waals surface area contributed by atoms with Crippen molar-refractivity contribution in [2.75, 3.05) is 0 Å². The van der Waals surface area contributed by atoms with Crippen LogP contribution in [-0.4, -0.2) is 5.38 Å². The van der Waals surface area contributed by atoms with Crippen LogP contribution >= 0.6 is 23.2 Å². The summed E-state index contributed by atoms with van der Waals surface area (Å²) in [5, 5.41) is 0.391. The molecule has 0 heterocycles. The van der Waals surface area contributed by atoms with Crippen molar-refractivity contribution in [3.05, 3.63) is 70.5 Å². The molecular formula is C17H15Cl2F. The van der Waals surface area contributed by atoms with Gasteiger partial charge in [0.25, 0.3) is 0 Å². The molecule has 0 aliphatic heterocycles. The Hall–Kier alpha value is -1.05. The topological polar surface area (TPSA) is 0 Å². The molecule has 104 valence electrons. The summed E-state index contributed by atoms with van der Waals surface area (Å²) in [5.74, 6) is 0.652. The molecule has 3 heteroatoms. The van der Waals surface area contributed by atoms with E-state index < -0.39 is 0 Å². The molecule has 1 aliphatic carbocycles. The second kappa shape index (κ2) is 5.75. The van der Waals surface area contributed by atoms with Gasteiger partial charge in [0.1, 0.15) is 5.82 Å². The van der Waals surface area contributed by atoms with Crippen LogP contribution in [0.4, 0.5) is 4.39 Å². The first-order valence-corrected chi connectivity index (χ1v) is 7.60. The second-order valence-electron chi connectivity index (χ2n) is 5.34. The lowest BCUT2D eigenvalue weighted by atomic mass is 10.0. The van der Waals surface area contributed by atoms with Crippen molar-refractivity contribution >= 4 is 23.2 Å². The third kappa shape index (κ3) is 2.84. The Bertz CT molecular complexity index is 577. The summed E-state index contributed by atoms with van der Waals surface area (Å²) in [5.41, 5.74) is 1.86. The summed E-state index contributed by atoms with van der Waals surface area (Å²) in [6.45, 7) is 0. The summed E-state index contributed by atoms with van der Waals surface area (Å²) < 4.78 is 13.8. The van der Waals surface area contributed by atoms with E-state index in [9.17, 15) is 4.39 Å². The van der Waals surface area contributed by atoms with Crippen LogP contribution in [0, 0.1) is 11.7 Å². The van der Waals surface area contributed by atoms with Gasteiger partial charge in [-0.15, -0.1) is 11.6 Å². The van der Waals surface area contributed by atoms with E-state index in [-0.39, 0.29) is 11.2 Å². The minimum atomic E-state index is -0.264. The van der Waals surface area contributed by atoms with Gasteiger partial charge in [-0.3, -0.25) is 0 Å². The van der Waals surface area contributed by atoms with E-state index in [1.165, 1.54) is 11.6 Å². The van der Waals surface area contributed by atoms with Gasteiger partial charge in [-0.2, -0.15) is 0 Å². The van der Waals surface area contributed by atoms with Crippen molar-refractivity contribution in [1.82, 2.24) is 0 Å². The molecule has 0 radical (unpaired) electrons. The van der Waals surface area contributed by atoms with Crippen molar-refractivity contribution in [2.24, 2.45) is 5.92 Å². The summed E-state index contributed by atoms with van der Waals surface area (Å²) in [6.07, 6.45) is 1.56. The number of benzene rings is 2. The highest BCUT2D eigenvalue weighted by Crippen LogP contribution is 2.51. The van der Waals surface area contributed by atoms with Crippen LogP contribution in [0.5, 0.6) is 0 Å². The number of hydrogen-bond donors (Lipinski definition) is 0. The highest BCUT2D eigenvalue weighted by atomic mass is 35.5. The maximum absolute atomic E-state index is 13.8. The van der Waals surface area contributed by atoms with Gasteiger partial charge in [-0.1, -0.05) is 48.0 Å². The van der Waals surface area contributed by atoms with Gasteiger partial charge in [-0.05, 0) is 42.4 Å². The first-order chi connectivity index (χ1) is 9.66. The van der Waals surface area contributed by atoms with Gasteiger partial charge in [0.15, 0.2) is 0 Å². The molecule has 0 aromatic heterocycles. The van der Waals surface area contributed by atoms with Gasteiger partial charge in [0.05, 0.1) is 0 Å². The number of rotatable bonds is 4. The maximum Gasteiger partial charge on any atom is 0.127 e. The fourth-order valence-corrected chi connectivity index (χ4v) is 3.44. The number of halogens is 3. The lowest BCUT2D eigenvalue weighted by Gasteiger charge is -2.11. The molecule has 20 heavy (non-hydrogen) atoms. The van der Waals surface area contributed by atoms with Crippen molar-refractivity contribution < 1.29 is 4.39 Å². The number of hydrogen-bond acceptors (Lipinski definition) is 0. The van der Waals surface area contributed by atoms with E-state index >= 15 is 0 Å². The van der Waals surface area contributed by atoms with E-state index in [0.717, 1.165) is 6.42 Å². The van der Waals surface area contributed by atoms with Crippen LogP contribution < -0.4 is 0 Å². The molecule has 1 fully saturated rings. The first kappa shape index (κ1) is 13.9. The Morgan fingerprint density at radius 3 is 2.55 bits per heavy atom. The Kier molecular flexibility index (Phi) is 4.00. The third-order valence-electron chi connectivity index (χ3n) is 3.99. The molecule has 3 unspecified atom stereocenters. The highest BCUT2D eigenvalue weighted by molar-refractivity contribution is 6.31. The minimum Gasteiger partial charge on any atom is -0.207 e. The Balaban J connectivity index is 1.68. The molecule has 3 atom stereocenters. The van der Waals surface area contributed by atoms with E-state index in [2.05, 4.69) is 12.1 Å². The van der Waals surface area contributed by atoms with Crippen LogP contribution in [-0.2, 0) is 6.42 Å². The Morgan fingerprint density at radius 1 is 1.10 bits per heavy atom. The zero-order valence-electron chi connectivity index (χ0n) is 10.9. The molecule has 3 rings (SSSR count). The fourth-order valence-electron chi connectivity index (χ4n) is 2.77. The van der Waals surface area contributed by atoms with Gasteiger partial charge in [0.2, 0.25) is 0 Å². The molecule has 1 saturated carbocycles. The molecule has 0 bridgehead atoms. The van der Waals surface area contributed by atoms with Gasteiger partial charge < -0.3 is 0 Å². The van der Waals surface area contributed by atoms with Gasteiger partial charge in [-0.25, -0.2) is 4.39 Å². The molecule has 0 spiro atoms. The Labute approximate surface area is 128 Å². The molecule has 1 aliphatic rings. The molecule has 0 nitrogen and oxygen atoms in total. The van der Waals surface area contributed by atoms with Gasteiger partial charge >= 0.3 is 0 Å². The van der Waals surface area contributed by atoms with Crippen LogP contribution in [0.2, 0.25) is 5.02 Å². The zero-order chi connectivity index (χ0) is 14.1. The monoisotopic (exact) mass is 308 g/mol. The minimum absolute atomic E-state index is 0.0744. The van der Waals surface area contributed by atoms with E-state index in [1.54, 1.807) is 12.1 Å². The molecule has 0 amide bonds. The molecule has 0 saturated heterocycles. The normalized spacial score (nSPS) is 22.6. The molecule has 2 aromatic rings. The van der Waals surface area contributed by atoms with Crippen LogP contribution in [0.1, 0.15) is 23.5 Å². The lowest BCUT2D eigenvalue weighted by Crippen LogP contribution is -2.09. The summed E-state index contributed by atoms with van der Waals surface area (Å²) in [7, 11) is 0. The van der Waals surface area contributed by atoms with Crippen LogP contribution in [0.3, 0.4) is 0 Å². The van der Waals surface area contributed by atoms with Crippen molar-refractivity contribution in [2.45, 2.75) is 24.1 Å². The van der Waals surface area contributed by atoms with E-state index in [1.807, 2.05) is 18.2 Å². The van der Waals surface area contributed by atoms with Crippen LogP contribution in [0.25, 0.3) is 0 Å². The van der Waals surface area contributed by atoms with E-state index in [0.29, 0.717) is 28.8 Å². The SMILES string of the molecule is Fc1cccc(Cl)c1CC(Cl)C1CC1c1ccccc1. The molecular weight excluding hydrogens is 294 g/mol. The highest BCUT2D eigenvalue weighted by Gasteiger charge is 2.43. The standard InChI is InChI=1S/C17H15Cl2F/c18-15-7-4-8-17(20)14(15)10-16(19)13-9-12(13)11-5-2-1-3-6-11/h1-8,12-13,16H,9-10H2. The average Bonchev–Trinajstić information content (AvgIpc) is 3.24.